The Morgan fingerprint density at radius 3 is 2.65 bits per heavy atom. The van der Waals surface area contributed by atoms with Crippen molar-refractivity contribution in [2.24, 2.45) is 0 Å². The largest absolute Gasteiger partial charge is 0.387 e. The Morgan fingerprint density at radius 1 is 1.20 bits per heavy atom. The maximum Gasteiger partial charge on any atom is 0.139 e. The molecule has 0 amide bonds. The topological polar surface area (TPSA) is 37.5 Å². The van der Waals surface area contributed by atoms with Crippen LogP contribution < -0.4 is 0 Å². The highest BCUT2D eigenvalue weighted by atomic mass is 19.1. The predicted octanol–water partition coefficient (Wildman–Crippen LogP) is 3.12. The first kappa shape index (κ1) is 12.8. The Bertz CT molecular complexity index is 735. The predicted molar refractivity (Wildman–Crippen MR) is 75.0 cm³/mol. The number of nitrogens with zero attached hydrogens (tertiary/aromatic N) is 2. The molecule has 1 atom stereocenters. The van der Waals surface area contributed by atoms with Crippen LogP contribution in [0.4, 0.5) is 4.39 Å². The van der Waals surface area contributed by atoms with Gasteiger partial charge in [0.15, 0.2) is 0 Å². The first-order valence-electron chi connectivity index (χ1n) is 6.53. The molecule has 0 bridgehead atoms. The summed E-state index contributed by atoms with van der Waals surface area (Å²) in [5.74, 6) is -0.344. The van der Waals surface area contributed by atoms with E-state index in [2.05, 4.69) is 4.98 Å². The van der Waals surface area contributed by atoms with Crippen LogP contribution in [0, 0.1) is 5.82 Å². The second kappa shape index (κ2) is 5.06. The van der Waals surface area contributed by atoms with Crippen LogP contribution in [0.5, 0.6) is 0 Å². The summed E-state index contributed by atoms with van der Waals surface area (Å²) in [6.07, 6.45) is 1.27. The molecule has 1 unspecified atom stereocenters. The number of halogens is 1. The van der Waals surface area contributed by atoms with Crippen molar-refractivity contribution in [3.8, 4) is 0 Å². The molecule has 2 heterocycles. The molecule has 4 heteroatoms. The van der Waals surface area contributed by atoms with Crippen LogP contribution in [0.25, 0.3) is 5.65 Å². The lowest BCUT2D eigenvalue weighted by Crippen LogP contribution is -2.02. The Balaban J connectivity index is 2.12. The molecule has 0 aliphatic carbocycles. The van der Waals surface area contributed by atoms with Crippen LogP contribution in [-0.2, 0) is 6.42 Å². The molecular formula is C16H15FN2O. The van der Waals surface area contributed by atoms with Crippen LogP contribution in [0.1, 0.15) is 30.0 Å². The molecule has 3 rings (SSSR count). The smallest absolute Gasteiger partial charge is 0.139 e. The van der Waals surface area contributed by atoms with Gasteiger partial charge in [-0.25, -0.2) is 9.37 Å². The summed E-state index contributed by atoms with van der Waals surface area (Å²) in [5.41, 5.74) is 3.17. The van der Waals surface area contributed by atoms with Crippen molar-refractivity contribution in [1.82, 2.24) is 9.38 Å². The zero-order valence-corrected chi connectivity index (χ0v) is 11.1. The van der Waals surface area contributed by atoms with Gasteiger partial charge in [-0.05, 0) is 24.6 Å². The van der Waals surface area contributed by atoms with Crippen molar-refractivity contribution in [3.05, 3.63) is 71.4 Å². The van der Waals surface area contributed by atoms with Gasteiger partial charge in [0.25, 0.3) is 0 Å². The van der Waals surface area contributed by atoms with E-state index in [1.54, 1.807) is 17.4 Å². The average molecular weight is 270 g/mol. The molecule has 0 saturated heterocycles. The molecule has 0 aliphatic rings. The Morgan fingerprint density at radius 2 is 1.95 bits per heavy atom. The number of aliphatic hydroxyl groups excluding tert-OH is 1. The fraction of sp³-hybridized carbons (Fsp3) is 0.188. The van der Waals surface area contributed by atoms with E-state index in [-0.39, 0.29) is 5.82 Å². The van der Waals surface area contributed by atoms with Crippen LogP contribution >= 0.6 is 0 Å². The summed E-state index contributed by atoms with van der Waals surface area (Å²) in [6, 6.07) is 12.9. The van der Waals surface area contributed by atoms with Crippen molar-refractivity contribution in [3.63, 3.8) is 0 Å². The van der Waals surface area contributed by atoms with Gasteiger partial charge in [-0.3, -0.25) is 4.40 Å². The fourth-order valence-corrected chi connectivity index (χ4v) is 2.45. The van der Waals surface area contributed by atoms with Gasteiger partial charge in [-0.1, -0.05) is 30.3 Å². The van der Waals surface area contributed by atoms with Crippen molar-refractivity contribution < 1.29 is 9.50 Å². The van der Waals surface area contributed by atoms with E-state index < -0.39 is 6.10 Å². The Kier molecular flexibility index (Phi) is 3.24. The summed E-state index contributed by atoms with van der Waals surface area (Å²) >= 11 is 0. The quantitative estimate of drug-likeness (QED) is 0.794. The second-order valence-corrected chi connectivity index (χ2v) is 4.86. The molecular weight excluding hydrogens is 255 g/mol. The highest BCUT2D eigenvalue weighted by Gasteiger charge is 2.17. The van der Waals surface area contributed by atoms with Crippen LogP contribution in [0.3, 0.4) is 0 Å². The summed E-state index contributed by atoms with van der Waals surface area (Å²) in [7, 11) is 0. The SMILES string of the molecule is CC(O)c1c(Cc2ccccc2)nc2ccc(F)cn12. The monoisotopic (exact) mass is 270 g/mol. The number of hydrogen-bond acceptors (Lipinski definition) is 2. The van der Waals surface area contributed by atoms with E-state index in [0.717, 1.165) is 11.3 Å². The van der Waals surface area contributed by atoms with Gasteiger partial charge in [-0.2, -0.15) is 0 Å². The molecule has 1 aromatic carbocycles. The summed E-state index contributed by atoms with van der Waals surface area (Å²) < 4.78 is 15.0. The van der Waals surface area contributed by atoms with Gasteiger partial charge in [0, 0.05) is 12.6 Å². The first-order chi connectivity index (χ1) is 9.65. The third-order valence-electron chi connectivity index (χ3n) is 3.31. The minimum atomic E-state index is -0.703. The van der Waals surface area contributed by atoms with Crippen molar-refractivity contribution >= 4 is 5.65 Å². The fourth-order valence-electron chi connectivity index (χ4n) is 2.45. The second-order valence-electron chi connectivity index (χ2n) is 4.86. The van der Waals surface area contributed by atoms with Gasteiger partial charge < -0.3 is 5.11 Å². The van der Waals surface area contributed by atoms with Crippen molar-refractivity contribution in [2.45, 2.75) is 19.4 Å². The third kappa shape index (κ3) is 2.30. The molecule has 3 nitrogen and oxygen atoms in total. The van der Waals surface area contributed by atoms with Crippen LogP contribution in [0.15, 0.2) is 48.7 Å². The Labute approximate surface area is 116 Å². The minimum absolute atomic E-state index is 0.344. The number of imidazole rings is 1. The molecule has 0 radical (unpaired) electrons. The third-order valence-corrected chi connectivity index (χ3v) is 3.31. The standard InChI is InChI=1S/C16H15FN2O/c1-11(20)16-14(9-12-5-3-2-4-6-12)18-15-8-7-13(17)10-19(15)16/h2-8,10-11,20H,9H2,1H3. The van der Waals surface area contributed by atoms with E-state index in [1.807, 2.05) is 30.3 Å². The lowest BCUT2D eigenvalue weighted by Gasteiger charge is -2.08. The summed E-state index contributed by atoms with van der Waals surface area (Å²) in [4.78, 5) is 4.51. The molecule has 20 heavy (non-hydrogen) atoms. The Hall–Kier alpha value is -2.20. The zero-order chi connectivity index (χ0) is 14.1. The number of pyridine rings is 1. The molecule has 0 saturated carbocycles. The van der Waals surface area contributed by atoms with Crippen LogP contribution in [-0.4, -0.2) is 14.5 Å². The molecule has 3 aromatic rings. The highest BCUT2D eigenvalue weighted by molar-refractivity contribution is 5.45. The van der Waals surface area contributed by atoms with Gasteiger partial charge in [0.1, 0.15) is 11.5 Å². The highest BCUT2D eigenvalue weighted by Crippen LogP contribution is 2.22. The van der Waals surface area contributed by atoms with Gasteiger partial charge in [0.05, 0.1) is 17.5 Å². The summed E-state index contributed by atoms with van der Waals surface area (Å²) in [6.45, 7) is 1.67. The van der Waals surface area contributed by atoms with E-state index >= 15 is 0 Å². The van der Waals surface area contributed by atoms with Gasteiger partial charge in [-0.15, -0.1) is 0 Å². The maximum absolute atomic E-state index is 13.4. The lowest BCUT2D eigenvalue weighted by molar-refractivity contribution is 0.192. The van der Waals surface area contributed by atoms with E-state index in [4.69, 9.17) is 0 Å². The minimum Gasteiger partial charge on any atom is -0.387 e. The number of benzene rings is 1. The number of hydrogen-bond donors (Lipinski definition) is 1. The van der Waals surface area contributed by atoms with Crippen LogP contribution in [0.2, 0.25) is 0 Å². The molecule has 102 valence electrons. The summed E-state index contributed by atoms with van der Waals surface area (Å²) in [5, 5.41) is 9.98. The molecule has 0 aliphatic heterocycles. The average Bonchev–Trinajstić information content (AvgIpc) is 2.77. The van der Waals surface area contributed by atoms with Gasteiger partial charge >= 0.3 is 0 Å². The molecule has 0 fully saturated rings. The van der Waals surface area contributed by atoms with E-state index in [0.29, 0.717) is 17.8 Å². The number of fused-ring (bicyclic) bond motifs is 1. The van der Waals surface area contributed by atoms with Crippen molar-refractivity contribution in [1.29, 1.82) is 0 Å². The molecule has 0 spiro atoms. The maximum atomic E-state index is 13.4. The normalized spacial score (nSPS) is 12.8. The molecule has 1 N–H and O–H groups in total. The van der Waals surface area contributed by atoms with E-state index in [9.17, 15) is 9.50 Å². The zero-order valence-electron chi connectivity index (χ0n) is 11.1. The molecule has 2 aromatic heterocycles. The first-order valence-corrected chi connectivity index (χ1v) is 6.53. The number of rotatable bonds is 3. The van der Waals surface area contributed by atoms with E-state index in [1.165, 1.54) is 12.3 Å². The van der Waals surface area contributed by atoms with Gasteiger partial charge in [0.2, 0.25) is 0 Å². The number of aliphatic hydroxyl groups is 1. The van der Waals surface area contributed by atoms with Crippen molar-refractivity contribution in [2.75, 3.05) is 0 Å². The lowest BCUT2D eigenvalue weighted by atomic mass is 10.1. The number of aromatic nitrogens is 2.